The van der Waals surface area contributed by atoms with Crippen molar-refractivity contribution in [2.45, 2.75) is 25.9 Å². The molecular weight excluding hydrogens is 285 g/mol. The monoisotopic (exact) mass is 303 g/mol. The van der Waals surface area contributed by atoms with Crippen LogP contribution in [0.2, 0.25) is 10.0 Å². The maximum absolute atomic E-state index is 6.24. The summed E-state index contributed by atoms with van der Waals surface area (Å²) < 4.78 is 5.65. The van der Waals surface area contributed by atoms with Crippen molar-refractivity contribution in [1.82, 2.24) is 4.98 Å². The molecule has 2 heterocycles. The molecule has 1 aromatic rings. The summed E-state index contributed by atoms with van der Waals surface area (Å²) in [6, 6.07) is 1.74. The molecule has 1 saturated heterocycles. The van der Waals surface area contributed by atoms with Gasteiger partial charge < -0.3 is 15.0 Å². The van der Waals surface area contributed by atoms with Crippen LogP contribution in [0, 0.1) is 0 Å². The molecule has 0 aromatic carbocycles. The Hall–Kier alpha value is -0.710. The second-order valence-electron chi connectivity index (χ2n) is 4.52. The highest BCUT2D eigenvalue weighted by atomic mass is 35.5. The minimum Gasteiger partial charge on any atom is -0.378 e. The largest absolute Gasteiger partial charge is 0.378 e. The molecular formula is C13H19Cl2N3O. The smallest absolute Gasteiger partial charge is 0.149 e. The summed E-state index contributed by atoms with van der Waals surface area (Å²) in [4.78, 5) is 6.68. The third-order valence-electron chi connectivity index (χ3n) is 3.29. The Balaban J connectivity index is 2.11. The zero-order valence-corrected chi connectivity index (χ0v) is 12.8. The molecule has 19 heavy (non-hydrogen) atoms. The highest BCUT2D eigenvalue weighted by Crippen LogP contribution is 2.32. The van der Waals surface area contributed by atoms with Crippen molar-refractivity contribution >= 4 is 34.8 Å². The van der Waals surface area contributed by atoms with Crippen molar-refractivity contribution in [2.24, 2.45) is 0 Å². The standard InChI is InChI=1S/C13H19Cl2N3O/c1-3-19-9-4-6-18(7-5-9)13-11(15)8-10(14)12(16-2)17-13/h8-9H,3-7H2,1-2H3,(H,16,17). The molecule has 1 aliphatic heterocycles. The summed E-state index contributed by atoms with van der Waals surface area (Å²) >= 11 is 12.3. The van der Waals surface area contributed by atoms with Gasteiger partial charge in [0.05, 0.1) is 16.1 Å². The predicted molar refractivity (Wildman–Crippen MR) is 80.7 cm³/mol. The molecule has 6 heteroatoms. The van der Waals surface area contributed by atoms with Gasteiger partial charge in [0.15, 0.2) is 0 Å². The van der Waals surface area contributed by atoms with E-state index in [0.717, 1.165) is 38.4 Å². The van der Waals surface area contributed by atoms with Gasteiger partial charge in [-0.3, -0.25) is 0 Å². The maximum Gasteiger partial charge on any atom is 0.149 e. The number of hydrogen-bond acceptors (Lipinski definition) is 4. The second kappa shape index (κ2) is 6.64. The minimum absolute atomic E-state index is 0.357. The van der Waals surface area contributed by atoms with Gasteiger partial charge in [-0.05, 0) is 25.8 Å². The van der Waals surface area contributed by atoms with E-state index in [0.29, 0.717) is 22.0 Å². The first kappa shape index (κ1) is 14.7. The Morgan fingerprint density at radius 2 is 2.05 bits per heavy atom. The van der Waals surface area contributed by atoms with Crippen molar-refractivity contribution in [3.8, 4) is 0 Å². The summed E-state index contributed by atoms with van der Waals surface area (Å²) in [6.45, 7) is 4.61. The molecule has 0 unspecified atom stereocenters. The molecule has 106 valence electrons. The average Bonchev–Trinajstić information content (AvgIpc) is 2.41. The van der Waals surface area contributed by atoms with Gasteiger partial charge in [0.25, 0.3) is 0 Å². The number of rotatable bonds is 4. The van der Waals surface area contributed by atoms with E-state index < -0.39 is 0 Å². The Morgan fingerprint density at radius 3 is 2.63 bits per heavy atom. The minimum atomic E-state index is 0.357. The highest BCUT2D eigenvalue weighted by Gasteiger charge is 2.22. The molecule has 4 nitrogen and oxygen atoms in total. The average molecular weight is 304 g/mol. The molecule has 1 aliphatic rings. The van der Waals surface area contributed by atoms with E-state index in [4.69, 9.17) is 27.9 Å². The first-order valence-electron chi connectivity index (χ1n) is 6.56. The van der Waals surface area contributed by atoms with Gasteiger partial charge in [-0.2, -0.15) is 0 Å². The molecule has 1 fully saturated rings. The topological polar surface area (TPSA) is 37.4 Å². The predicted octanol–water partition coefficient (Wildman–Crippen LogP) is 3.44. The Labute approximate surface area is 124 Å². The Morgan fingerprint density at radius 1 is 1.37 bits per heavy atom. The van der Waals surface area contributed by atoms with Crippen LogP contribution in [0.3, 0.4) is 0 Å². The number of nitrogens with zero attached hydrogens (tertiary/aromatic N) is 2. The number of aromatic nitrogens is 1. The number of halogens is 2. The van der Waals surface area contributed by atoms with Crippen molar-refractivity contribution in [2.75, 3.05) is 37.0 Å². The maximum atomic E-state index is 6.24. The fraction of sp³-hybridized carbons (Fsp3) is 0.615. The lowest BCUT2D eigenvalue weighted by atomic mass is 10.1. The third-order valence-corrected chi connectivity index (χ3v) is 3.86. The Bertz CT molecular complexity index is 434. The van der Waals surface area contributed by atoms with E-state index in [2.05, 4.69) is 15.2 Å². The molecule has 1 aromatic heterocycles. The van der Waals surface area contributed by atoms with Crippen LogP contribution in [-0.2, 0) is 4.74 Å². The quantitative estimate of drug-likeness (QED) is 0.924. The van der Waals surface area contributed by atoms with Gasteiger partial charge in [-0.15, -0.1) is 0 Å². The summed E-state index contributed by atoms with van der Waals surface area (Å²) in [5.41, 5.74) is 0. The second-order valence-corrected chi connectivity index (χ2v) is 5.33. The van der Waals surface area contributed by atoms with Crippen molar-refractivity contribution < 1.29 is 4.74 Å². The van der Waals surface area contributed by atoms with Crippen LogP contribution in [-0.4, -0.2) is 37.8 Å². The molecule has 0 atom stereocenters. The fourth-order valence-corrected chi connectivity index (χ4v) is 2.90. The van der Waals surface area contributed by atoms with Crippen LogP contribution < -0.4 is 10.2 Å². The lowest BCUT2D eigenvalue weighted by Gasteiger charge is -2.33. The number of pyridine rings is 1. The third kappa shape index (κ3) is 3.44. The summed E-state index contributed by atoms with van der Waals surface area (Å²) in [6.07, 6.45) is 2.36. The van der Waals surface area contributed by atoms with Gasteiger partial charge in [-0.25, -0.2) is 4.98 Å². The van der Waals surface area contributed by atoms with Crippen LogP contribution >= 0.6 is 23.2 Å². The number of nitrogens with one attached hydrogen (secondary N) is 1. The Kier molecular flexibility index (Phi) is 5.13. The zero-order valence-electron chi connectivity index (χ0n) is 11.2. The normalized spacial score (nSPS) is 16.7. The van der Waals surface area contributed by atoms with Gasteiger partial charge >= 0.3 is 0 Å². The van der Waals surface area contributed by atoms with Crippen LogP contribution in [0.1, 0.15) is 19.8 Å². The fourth-order valence-electron chi connectivity index (χ4n) is 2.32. The lowest BCUT2D eigenvalue weighted by molar-refractivity contribution is 0.0458. The highest BCUT2D eigenvalue weighted by molar-refractivity contribution is 6.37. The molecule has 0 bridgehead atoms. The first-order chi connectivity index (χ1) is 9.15. The lowest BCUT2D eigenvalue weighted by Crippen LogP contribution is -2.37. The van der Waals surface area contributed by atoms with Crippen LogP contribution in [0.5, 0.6) is 0 Å². The van der Waals surface area contributed by atoms with Crippen LogP contribution in [0.25, 0.3) is 0 Å². The van der Waals surface area contributed by atoms with Crippen LogP contribution in [0.15, 0.2) is 6.07 Å². The number of ether oxygens (including phenoxy) is 1. The molecule has 2 rings (SSSR count). The number of piperidine rings is 1. The van der Waals surface area contributed by atoms with E-state index in [1.54, 1.807) is 13.1 Å². The van der Waals surface area contributed by atoms with E-state index in [-0.39, 0.29) is 0 Å². The zero-order chi connectivity index (χ0) is 13.8. The van der Waals surface area contributed by atoms with E-state index in [1.807, 2.05) is 6.92 Å². The molecule has 0 aliphatic carbocycles. The molecule has 1 N–H and O–H groups in total. The number of anilines is 2. The van der Waals surface area contributed by atoms with E-state index in [9.17, 15) is 0 Å². The van der Waals surface area contributed by atoms with Gasteiger partial charge in [0.2, 0.25) is 0 Å². The van der Waals surface area contributed by atoms with Crippen molar-refractivity contribution in [3.63, 3.8) is 0 Å². The molecule has 0 saturated carbocycles. The van der Waals surface area contributed by atoms with E-state index in [1.165, 1.54) is 0 Å². The van der Waals surface area contributed by atoms with Crippen molar-refractivity contribution in [3.05, 3.63) is 16.1 Å². The summed E-state index contributed by atoms with van der Waals surface area (Å²) in [5.74, 6) is 1.46. The molecule has 0 spiro atoms. The van der Waals surface area contributed by atoms with Crippen molar-refractivity contribution in [1.29, 1.82) is 0 Å². The van der Waals surface area contributed by atoms with Gasteiger partial charge in [0, 0.05) is 26.7 Å². The molecule has 0 amide bonds. The first-order valence-corrected chi connectivity index (χ1v) is 7.31. The summed E-state index contributed by atoms with van der Waals surface area (Å²) in [7, 11) is 1.80. The SMILES string of the molecule is CCOC1CCN(c2nc(NC)c(Cl)cc2Cl)CC1. The number of hydrogen-bond donors (Lipinski definition) is 1. The van der Waals surface area contributed by atoms with Gasteiger partial charge in [0.1, 0.15) is 11.6 Å². The summed E-state index contributed by atoms with van der Waals surface area (Å²) in [5, 5.41) is 4.12. The molecule has 0 radical (unpaired) electrons. The van der Waals surface area contributed by atoms with E-state index >= 15 is 0 Å². The van der Waals surface area contributed by atoms with Crippen LogP contribution in [0.4, 0.5) is 11.6 Å². The van der Waals surface area contributed by atoms with Gasteiger partial charge in [-0.1, -0.05) is 23.2 Å².